The Morgan fingerprint density at radius 3 is 2.86 bits per heavy atom. The third-order valence-corrected chi connectivity index (χ3v) is 4.29. The zero-order valence-electron chi connectivity index (χ0n) is 14.0. The number of hydrogen-bond acceptors (Lipinski definition) is 3. The zero-order valence-corrected chi connectivity index (χ0v) is 14.0. The van der Waals surface area contributed by atoms with Crippen LogP contribution >= 0.6 is 0 Å². The van der Waals surface area contributed by atoms with Gasteiger partial charge in [0.1, 0.15) is 12.0 Å². The Hall–Kier alpha value is -1.61. The second-order valence-corrected chi connectivity index (χ2v) is 6.76. The van der Waals surface area contributed by atoms with E-state index in [0.29, 0.717) is 13.4 Å². The molecule has 0 fully saturated rings. The molecule has 0 amide bonds. The van der Waals surface area contributed by atoms with E-state index in [-0.39, 0.29) is 11.3 Å². The fourth-order valence-corrected chi connectivity index (χ4v) is 3.16. The van der Waals surface area contributed by atoms with Crippen LogP contribution in [0.4, 0.5) is 0 Å². The van der Waals surface area contributed by atoms with Gasteiger partial charge in [-0.3, -0.25) is 0 Å². The van der Waals surface area contributed by atoms with Crippen molar-refractivity contribution in [2.24, 2.45) is 5.92 Å². The predicted molar refractivity (Wildman–Crippen MR) is 88.0 cm³/mol. The average Bonchev–Trinajstić information content (AvgIpc) is 2.52. The molecule has 3 heteroatoms. The minimum atomic E-state index is -0.104. The van der Waals surface area contributed by atoms with E-state index >= 15 is 0 Å². The normalized spacial score (nSPS) is 17.6. The fourth-order valence-electron chi connectivity index (χ4n) is 3.16. The number of allylic oxidation sites excluding steroid dienone is 2. The molecule has 2 unspecified atom stereocenters. The van der Waals surface area contributed by atoms with Crippen molar-refractivity contribution >= 4 is 6.29 Å². The molecule has 2 atom stereocenters. The summed E-state index contributed by atoms with van der Waals surface area (Å²) in [7, 11) is 0. The predicted octanol–water partition coefficient (Wildman–Crippen LogP) is 4.39. The van der Waals surface area contributed by atoms with Gasteiger partial charge in [-0.1, -0.05) is 37.6 Å². The molecule has 22 heavy (non-hydrogen) atoms. The van der Waals surface area contributed by atoms with Crippen molar-refractivity contribution in [1.29, 1.82) is 0 Å². The van der Waals surface area contributed by atoms with Crippen molar-refractivity contribution in [1.82, 2.24) is 0 Å². The average molecular weight is 302 g/mol. The molecule has 2 rings (SSSR count). The molecule has 0 saturated heterocycles. The van der Waals surface area contributed by atoms with Gasteiger partial charge < -0.3 is 14.3 Å². The lowest BCUT2D eigenvalue weighted by molar-refractivity contribution is -0.111. The van der Waals surface area contributed by atoms with Gasteiger partial charge in [0.05, 0.1) is 6.61 Å². The van der Waals surface area contributed by atoms with Crippen LogP contribution in [0.1, 0.15) is 51.7 Å². The summed E-state index contributed by atoms with van der Waals surface area (Å²) in [5.41, 5.74) is 3.54. The molecular formula is C19H26O3. The van der Waals surface area contributed by atoms with Crippen LogP contribution in [0.3, 0.4) is 0 Å². The molecule has 1 heterocycles. The molecule has 0 N–H and O–H groups in total. The van der Waals surface area contributed by atoms with E-state index in [1.807, 2.05) is 19.1 Å². The Morgan fingerprint density at radius 2 is 2.18 bits per heavy atom. The first-order valence-corrected chi connectivity index (χ1v) is 7.88. The third-order valence-electron chi connectivity index (χ3n) is 4.29. The highest BCUT2D eigenvalue weighted by Crippen LogP contribution is 2.40. The van der Waals surface area contributed by atoms with Crippen LogP contribution in [0.15, 0.2) is 29.8 Å². The summed E-state index contributed by atoms with van der Waals surface area (Å²) in [5, 5.41) is 0. The summed E-state index contributed by atoms with van der Waals surface area (Å²) >= 11 is 0. The molecule has 0 aromatic heterocycles. The number of rotatable bonds is 6. The first kappa shape index (κ1) is 16.8. The van der Waals surface area contributed by atoms with Crippen LogP contribution in [0.25, 0.3) is 0 Å². The van der Waals surface area contributed by atoms with E-state index in [2.05, 4.69) is 32.9 Å². The van der Waals surface area contributed by atoms with Gasteiger partial charge in [0.15, 0.2) is 6.79 Å². The van der Waals surface area contributed by atoms with Crippen LogP contribution < -0.4 is 4.74 Å². The molecule has 1 aliphatic heterocycles. The van der Waals surface area contributed by atoms with E-state index in [4.69, 9.17) is 9.47 Å². The molecule has 1 aromatic carbocycles. The zero-order chi connectivity index (χ0) is 16.2. The molecule has 3 nitrogen and oxygen atoms in total. The van der Waals surface area contributed by atoms with Crippen LogP contribution in [0.5, 0.6) is 5.75 Å². The summed E-state index contributed by atoms with van der Waals surface area (Å²) in [5.74, 6) is 0.933. The van der Waals surface area contributed by atoms with Crippen molar-refractivity contribution in [3.05, 3.63) is 41.0 Å². The van der Waals surface area contributed by atoms with Gasteiger partial charge in [0, 0.05) is 11.5 Å². The number of benzene rings is 1. The topological polar surface area (TPSA) is 35.5 Å². The second kappa shape index (κ2) is 7.10. The highest BCUT2D eigenvalue weighted by atomic mass is 16.7. The Labute approximate surface area is 133 Å². The standard InChI is InChI=1S/C19H26O3/c1-14(2)8-9-19(4,10-15(3)11-20)17-6-5-7-18-16(17)12-21-13-22-18/h5-8,11,15H,9-10,12-13H2,1-4H3. The molecule has 0 bridgehead atoms. The van der Waals surface area contributed by atoms with E-state index in [1.54, 1.807) is 0 Å². The van der Waals surface area contributed by atoms with Crippen LogP contribution in [-0.2, 0) is 21.6 Å². The maximum Gasteiger partial charge on any atom is 0.189 e. The van der Waals surface area contributed by atoms with Gasteiger partial charge in [0.2, 0.25) is 0 Å². The molecular weight excluding hydrogens is 276 g/mol. The van der Waals surface area contributed by atoms with E-state index in [1.165, 1.54) is 11.1 Å². The van der Waals surface area contributed by atoms with E-state index in [0.717, 1.165) is 30.4 Å². The fraction of sp³-hybridized carbons (Fsp3) is 0.526. The number of aldehydes is 1. The lowest BCUT2D eigenvalue weighted by atomic mass is 9.71. The summed E-state index contributed by atoms with van der Waals surface area (Å²) in [6.45, 7) is 9.32. The van der Waals surface area contributed by atoms with Gasteiger partial charge >= 0.3 is 0 Å². The lowest BCUT2D eigenvalue weighted by Gasteiger charge is -2.34. The third kappa shape index (κ3) is 3.77. The Kier molecular flexibility index (Phi) is 5.41. The van der Waals surface area contributed by atoms with Gasteiger partial charge in [-0.25, -0.2) is 0 Å². The second-order valence-electron chi connectivity index (χ2n) is 6.76. The highest BCUT2D eigenvalue weighted by molar-refractivity contribution is 5.54. The Bertz CT molecular complexity index is 558. The smallest absolute Gasteiger partial charge is 0.189 e. The van der Waals surface area contributed by atoms with Crippen molar-refractivity contribution < 1.29 is 14.3 Å². The lowest BCUT2D eigenvalue weighted by Crippen LogP contribution is -2.28. The quantitative estimate of drug-likeness (QED) is 0.577. The van der Waals surface area contributed by atoms with Crippen LogP contribution in [0, 0.1) is 5.92 Å². The number of carbonyl (C=O) groups is 1. The maximum absolute atomic E-state index is 11.2. The first-order valence-electron chi connectivity index (χ1n) is 7.88. The largest absolute Gasteiger partial charge is 0.467 e. The van der Waals surface area contributed by atoms with E-state index < -0.39 is 0 Å². The Morgan fingerprint density at radius 1 is 1.41 bits per heavy atom. The highest BCUT2D eigenvalue weighted by Gasteiger charge is 2.32. The van der Waals surface area contributed by atoms with Crippen molar-refractivity contribution in [3.63, 3.8) is 0 Å². The van der Waals surface area contributed by atoms with Gasteiger partial charge in [-0.15, -0.1) is 0 Å². The van der Waals surface area contributed by atoms with Crippen LogP contribution in [-0.4, -0.2) is 13.1 Å². The van der Waals surface area contributed by atoms with Gasteiger partial charge in [0.25, 0.3) is 0 Å². The molecule has 120 valence electrons. The number of ether oxygens (including phenoxy) is 2. The van der Waals surface area contributed by atoms with Crippen molar-refractivity contribution in [3.8, 4) is 5.75 Å². The summed E-state index contributed by atoms with van der Waals surface area (Å²) in [4.78, 5) is 11.2. The minimum Gasteiger partial charge on any atom is -0.467 e. The SMILES string of the molecule is CC(C)=CCC(C)(CC(C)C=O)c1cccc2c1COCO2. The van der Waals surface area contributed by atoms with E-state index in [9.17, 15) is 4.79 Å². The Balaban J connectivity index is 2.44. The maximum atomic E-state index is 11.2. The molecule has 0 saturated carbocycles. The minimum absolute atomic E-state index is 0.0249. The first-order chi connectivity index (χ1) is 10.5. The number of fused-ring (bicyclic) bond motifs is 1. The molecule has 0 spiro atoms. The number of hydrogen-bond donors (Lipinski definition) is 0. The molecule has 0 radical (unpaired) electrons. The van der Waals surface area contributed by atoms with Gasteiger partial charge in [-0.2, -0.15) is 0 Å². The summed E-state index contributed by atoms with van der Waals surface area (Å²) < 4.78 is 11.1. The van der Waals surface area contributed by atoms with Gasteiger partial charge in [-0.05, 0) is 43.7 Å². The molecule has 1 aromatic rings. The molecule has 0 aliphatic carbocycles. The summed E-state index contributed by atoms with van der Waals surface area (Å²) in [6, 6.07) is 6.17. The number of carbonyl (C=O) groups excluding carboxylic acids is 1. The molecule has 1 aliphatic rings. The monoisotopic (exact) mass is 302 g/mol. The summed E-state index contributed by atoms with van der Waals surface area (Å²) in [6.07, 6.45) is 5.02. The van der Waals surface area contributed by atoms with Crippen molar-refractivity contribution in [2.45, 2.75) is 52.6 Å². The van der Waals surface area contributed by atoms with Crippen LogP contribution in [0.2, 0.25) is 0 Å². The van der Waals surface area contributed by atoms with Crippen molar-refractivity contribution in [2.75, 3.05) is 6.79 Å².